The summed E-state index contributed by atoms with van der Waals surface area (Å²) in [6.07, 6.45) is 0. The lowest BCUT2D eigenvalue weighted by atomic mass is 9.81. The lowest BCUT2D eigenvalue weighted by Crippen LogP contribution is -2.21. The van der Waals surface area contributed by atoms with Crippen molar-refractivity contribution in [3.05, 3.63) is 174 Å². The number of anilines is 3. The molecule has 1 aromatic heterocycles. The minimum Gasteiger partial charge on any atom is -0.456 e. The Morgan fingerprint density at radius 3 is 1.86 bits per heavy atom. The number of nitrogens with zero attached hydrogens (tertiary/aromatic N) is 1. The van der Waals surface area contributed by atoms with Gasteiger partial charge in [-0.25, -0.2) is 0 Å². The highest BCUT2D eigenvalue weighted by atomic mass is 16.3. The van der Waals surface area contributed by atoms with Gasteiger partial charge in [0.25, 0.3) is 0 Å². The highest BCUT2D eigenvalue weighted by Crippen LogP contribution is 2.55. The first-order valence-electron chi connectivity index (χ1n) is 17.6. The van der Waals surface area contributed by atoms with Crippen molar-refractivity contribution in [1.29, 1.82) is 0 Å². The first-order valence-corrected chi connectivity index (χ1v) is 17.6. The van der Waals surface area contributed by atoms with Crippen molar-refractivity contribution in [2.24, 2.45) is 0 Å². The Kier molecular flexibility index (Phi) is 6.76. The third-order valence-electron chi connectivity index (χ3n) is 11.4. The van der Waals surface area contributed by atoms with Gasteiger partial charge in [-0.15, -0.1) is 0 Å². The van der Waals surface area contributed by atoms with Crippen molar-refractivity contribution < 1.29 is 4.42 Å². The molecular weight excluding hydrogens is 619 g/mol. The highest BCUT2D eigenvalue weighted by molar-refractivity contribution is 6.06. The van der Waals surface area contributed by atoms with Crippen molar-refractivity contribution in [2.75, 3.05) is 4.90 Å². The summed E-state index contributed by atoms with van der Waals surface area (Å²) < 4.78 is 6.31. The van der Waals surface area contributed by atoms with E-state index in [0.717, 1.165) is 44.4 Å². The number of rotatable bonds is 4. The molecule has 0 unspecified atom stereocenters. The van der Waals surface area contributed by atoms with Crippen LogP contribution in [0.4, 0.5) is 17.1 Å². The van der Waals surface area contributed by atoms with E-state index in [9.17, 15) is 0 Å². The number of hydrogen-bond acceptors (Lipinski definition) is 2. The van der Waals surface area contributed by atoms with Gasteiger partial charge in [-0.1, -0.05) is 138 Å². The summed E-state index contributed by atoms with van der Waals surface area (Å²) in [5, 5.41) is 2.29. The van der Waals surface area contributed by atoms with E-state index in [2.05, 4.69) is 172 Å². The first kappa shape index (κ1) is 31.1. The molecule has 0 aliphatic heterocycles. The van der Waals surface area contributed by atoms with Gasteiger partial charge in [0.05, 0.1) is 5.69 Å². The fraction of sp³-hybridized carbons (Fsp3) is 0.143. The number of hydrogen-bond donors (Lipinski definition) is 0. The average Bonchev–Trinajstić information content (AvgIpc) is 3.72. The molecule has 8 aromatic rings. The van der Waals surface area contributed by atoms with Crippen LogP contribution in [-0.2, 0) is 10.8 Å². The van der Waals surface area contributed by atoms with E-state index in [1.54, 1.807) is 0 Å². The first-order chi connectivity index (χ1) is 24.3. The average molecular weight is 660 g/mol. The summed E-state index contributed by atoms with van der Waals surface area (Å²) >= 11 is 0. The normalized spacial score (nSPS) is 14.4. The van der Waals surface area contributed by atoms with Gasteiger partial charge in [0.1, 0.15) is 11.2 Å². The van der Waals surface area contributed by atoms with Crippen LogP contribution >= 0.6 is 0 Å². The smallest absolute Gasteiger partial charge is 0.136 e. The molecule has 0 amide bonds. The fourth-order valence-corrected chi connectivity index (χ4v) is 8.99. The van der Waals surface area contributed by atoms with Crippen LogP contribution in [0.1, 0.15) is 57.4 Å². The third kappa shape index (κ3) is 4.42. The van der Waals surface area contributed by atoms with Crippen molar-refractivity contribution in [3.8, 4) is 33.4 Å². The Morgan fingerprint density at radius 1 is 0.431 bits per heavy atom. The van der Waals surface area contributed by atoms with Crippen LogP contribution in [0.25, 0.3) is 55.3 Å². The molecule has 0 saturated heterocycles. The second kappa shape index (κ2) is 11.1. The molecule has 0 fully saturated rings. The van der Waals surface area contributed by atoms with E-state index in [4.69, 9.17) is 4.42 Å². The summed E-state index contributed by atoms with van der Waals surface area (Å²) in [4.78, 5) is 2.50. The predicted molar refractivity (Wildman–Crippen MR) is 216 cm³/mol. The molecule has 248 valence electrons. The molecular formula is C49H41NO. The molecule has 1 heterocycles. The maximum absolute atomic E-state index is 6.31. The molecule has 0 atom stereocenters. The van der Waals surface area contributed by atoms with E-state index in [1.807, 2.05) is 12.1 Å². The second-order valence-corrected chi connectivity index (χ2v) is 15.0. The SMILES string of the molecule is C.CC1(C)c2ccccc2-c2ccc(N(c3cccc(-c4ccc5c(c4)oc4ccccc45)c3)c3cccc4c3C(C)(C)c3ccccc3-4)cc21. The Bertz CT molecular complexity index is 2670. The van der Waals surface area contributed by atoms with Crippen LogP contribution in [0, 0.1) is 0 Å². The molecule has 0 radical (unpaired) electrons. The molecule has 2 heteroatoms. The molecule has 51 heavy (non-hydrogen) atoms. The Morgan fingerprint density at radius 2 is 1.04 bits per heavy atom. The second-order valence-electron chi connectivity index (χ2n) is 15.0. The standard InChI is InChI=1S/C48H37NO.CH4/c1-47(2)40-19-8-5-15-34(40)36-26-24-33(29-42(36)47)49(43-21-12-18-39-35-16-6-9-20-41(35)48(3,4)46(39)43)32-14-11-13-30(27-32)31-23-25-38-37-17-7-10-22-44(37)50-45(38)28-31;/h5-29H,1-4H3;1H4. The van der Waals surface area contributed by atoms with E-state index < -0.39 is 0 Å². The van der Waals surface area contributed by atoms with Gasteiger partial charge in [-0.3, -0.25) is 0 Å². The van der Waals surface area contributed by atoms with Crippen molar-refractivity contribution in [1.82, 2.24) is 0 Å². The summed E-state index contributed by atoms with van der Waals surface area (Å²) in [5.74, 6) is 0. The largest absolute Gasteiger partial charge is 0.456 e. The van der Waals surface area contributed by atoms with Gasteiger partial charge in [0.15, 0.2) is 0 Å². The van der Waals surface area contributed by atoms with Crippen LogP contribution < -0.4 is 4.90 Å². The molecule has 0 spiro atoms. The maximum Gasteiger partial charge on any atom is 0.136 e. The van der Waals surface area contributed by atoms with Crippen LogP contribution in [0.2, 0.25) is 0 Å². The zero-order valence-corrected chi connectivity index (χ0v) is 28.8. The fourth-order valence-electron chi connectivity index (χ4n) is 8.99. The monoisotopic (exact) mass is 659 g/mol. The van der Waals surface area contributed by atoms with Gasteiger partial charge in [-0.05, 0) is 104 Å². The van der Waals surface area contributed by atoms with E-state index in [0.29, 0.717) is 0 Å². The van der Waals surface area contributed by atoms with E-state index in [-0.39, 0.29) is 18.3 Å². The van der Waals surface area contributed by atoms with E-state index >= 15 is 0 Å². The molecule has 0 N–H and O–H groups in total. The van der Waals surface area contributed by atoms with Gasteiger partial charge < -0.3 is 9.32 Å². The van der Waals surface area contributed by atoms with E-state index in [1.165, 1.54) is 50.2 Å². The number of fused-ring (bicyclic) bond motifs is 9. The lowest BCUT2D eigenvalue weighted by Gasteiger charge is -2.33. The predicted octanol–water partition coefficient (Wildman–Crippen LogP) is 14.0. The molecule has 0 saturated carbocycles. The topological polar surface area (TPSA) is 16.4 Å². The minimum atomic E-state index is -0.170. The summed E-state index contributed by atoms with van der Waals surface area (Å²) in [6, 6.07) is 55.6. The third-order valence-corrected chi connectivity index (χ3v) is 11.4. The van der Waals surface area contributed by atoms with Crippen LogP contribution in [0.15, 0.2) is 156 Å². The van der Waals surface area contributed by atoms with Gasteiger partial charge in [0, 0.05) is 33.0 Å². The maximum atomic E-state index is 6.31. The summed E-state index contributed by atoms with van der Waals surface area (Å²) in [5.41, 5.74) is 18.1. The Labute approximate surface area is 300 Å². The van der Waals surface area contributed by atoms with Crippen molar-refractivity contribution >= 4 is 39.0 Å². The van der Waals surface area contributed by atoms with Crippen molar-refractivity contribution in [2.45, 2.75) is 46.0 Å². The molecule has 2 aliphatic rings. The zero-order valence-electron chi connectivity index (χ0n) is 28.8. The molecule has 10 rings (SSSR count). The van der Waals surface area contributed by atoms with Crippen LogP contribution in [0.5, 0.6) is 0 Å². The number of benzene rings is 7. The molecule has 2 aliphatic carbocycles. The zero-order chi connectivity index (χ0) is 33.8. The lowest BCUT2D eigenvalue weighted by molar-refractivity contribution is 0.658. The minimum absolute atomic E-state index is 0. The van der Waals surface area contributed by atoms with Gasteiger partial charge in [-0.2, -0.15) is 0 Å². The van der Waals surface area contributed by atoms with Crippen molar-refractivity contribution in [3.63, 3.8) is 0 Å². The quantitative estimate of drug-likeness (QED) is 0.187. The molecule has 2 nitrogen and oxygen atoms in total. The summed E-state index contributed by atoms with van der Waals surface area (Å²) in [6.45, 7) is 9.47. The molecule has 7 aromatic carbocycles. The summed E-state index contributed by atoms with van der Waals surface area (Å²) in [7, 11) is 0. The van der Waals surface area contributed by atoms with Gasteiger partial charge in [0.2, 0.25) is 0 Å². The molecule has 0 bridgehead atoms. The highest BCUT2D eigenvalue weighted by Gasteiger charge is 2.40. The van der Waals surface area contributed by atoms with Crippen LogP contribution in [-0.4, -0.2) is 0 Å². The Balaban J connectivity index is 0.00000348. The number of furan rings is 1. The Hall–Kier alpha value is -5.86. The number of para-hydroxylation sites is 1. The van der Waals surface area contributed by atoms with Crippen LogP contribution in [0.3, 0.4) is 0 Å². The van der Waals surface area contributed by atoms with Gasteiger partial charge >= 0.3 is 0 Å².